The van der Waals surface area contributed by atoms with Gasteiger partial charge >= 0.3 is 0 Å². The Morgan fingerprint density at radius 3 is 2.59 bits per heavy atom. The van der Waals surface area contributed by atoms with Crippen molar-refractivity contribution < 1.29 is 22.7 Å². The first-order valence-corrected chi connectivity index (χ1v) is 12.1. The van der Waals surface area contributed by atoms with Gasteiger partial charge in [0.1, 0.15) is 17.1 Å². The van der Waals surface area contributed by atoms with Gasteiger partial charge in [0.25, 0.3) is 0 Å². The third kappa shape index (κ3) is 5.24. The smallest absolute Gasteiger partial charge is 0.242 e. The maximum absolute atomic E-state index is 12.8. The number of nitrogens with zero attached hydrogens (tertiary/aromatic N) is 1. The number of carbonyl (C=O) groups is 1. The van der Waals surface area contributed by atoms with Crippen molar-refractivity contribution in [2.24, 2.45) is 0 Å². The summed E-state index contributed by atoms with van der Waals surface area (Å²) in [5.74, 6) is 1.25. The molecule has 3 rings (SSSR count). The lowest BCUT2D eigenvalue weighted by atomic mass is 9.89. The number of nitrogens with one attached hydrogen (secondary N) is 1. The van der Waals surface area contributed by atoms with Crippen LogP contribution in [0.5, 0.6) is 11.5 Å². The molecule has 1 aliphatic rings. The van der Waals surface area contributed by atoms with E-state index in [1.807, 2.05) is 39.0 Å². The fraction of sp³-hybridized carbons (Fsp3) is 0.458. The number of methoxy groups -OCH3 is 1. The maximum Gasteiger partial charge on any atom is 0.242 e. The fourth-order valence-corrected chi connectivity index (χ4v) is 4.88. The van der Waals surface area contributed by atoms with E-state index in [4.69, 9.17) is 9.47 Å². The zero-order valence-electron chi connectivity index (χ0n) is 19.6. The second kappa shape index (κ2) is 9.11. The minimum Gasteiger partial charge on any atom is -0.496 e. The fourth-order valence-electron chi connectivity index (χ4n) is 3.92. The van der Waals surface area contributed by atoms with Crippen LogP contribution >= 0.6 is 0 Å². The molecule has 0 bridgehead atoms. The highest BCUT2D eigenvalue weighted by atomic mass is 32.2. The second-order valence-electron chi connectivity index (χ2n) is 8.99. The minimum atomic E-state index is -3.57. The van der Waals surface area contributed by atoms with Crippen LogP contribution in [0.15, 0.2) is 41.3 Å². The van der Waals surface area contributed by atoms with Gasteiger partial charge in [-0.3, -0.25) is 4.79 Å². The lowest BCUT2D eigenvalue weighted by molar-refractivity contribution is -0.122. The van der Waals surface area contributed by atoms with E-state index >= 15 is 0 Å². The van der Waals surface area contributed by atoms with Crippen LogP contribution in [0.4, 0.5) is 0 Å². The van der Waals surface area contributed by atoms with Crippen molar-refractivity contribution >= 4 is 15.9 Å². The number of benzene rings is 2. The molecule has 1 N–H and O–H groups in total. The molecule has 8 heteroatoms. The van der Waals surface area contributed by atoms with Gasteiger partial charge in [0.05, 0.1) is 18.0 Å². The second-order valence-corrected chi connectivity index (χ2v) is 11.1. The highest BCUT2D eigenvalue weighted by molar-refractivity contribution is 7.89. The third-order valence-electron chi connectivity index (χ3n) is 5.61. The van der Waals surface area contributed by atoms with Crippen LogP contribution in [-0.2, 0) is 21.2 Å². The van der Waals surface area contributed by atoms with Crippen molar-refractivity contribution in [2.75, 3.05) is 21.2 Å². The highest BCUT2D eigenvalue weighted by Crippen LogP contribution is 2.40. The van der Waals surface area contributed by atoms with Crippen LogP contribution in [-0.4, -0.2) is 45.4 Å². The molecule has 0 saturated heterocycles. The normalized spacial score (nSPS) is 17.4. The molecular formula is C24H32N2O5S. The molecule has 0 aliphatic carbocycles. The van der Waals surface area contributed by atoms with Gasteiger partial charge in [-0.15, -0.1) is 0 Å². The number of hydrogen-bond acceptors (Lipinski definition) is 5. The molecule has 0 fully saturated rings. The average Bonchev–Trinajstić information content (AvgIpc) is 2.70. The van der Waals surface area contributed by atoms with Gasteiger partial charge < -0.3 is 14.8 Å². The molecule has 2 aromatic rings. The molecule has 174 valence electrons. The molecule has 0 aromatic heterocycles. The van der Waals surface area contributed by atoms with E-state index < -0.39 is 15.6 Å². The Morgan fingerprint density at radius 1 is 1.22 bits per heavy atom. The van der Waals surface area contributed by atoms with Crippen LogP contribution in [0.25, 0.3) is 0 Å². The van der Waals surface area contributed by atoms with Gasteiger partial charge in [0.2, 0.25) is 15.9 Å². The molecule has 0 radical (unpaired) electrons. The van der Waals surface area contributed by atoms with Crippen LogP contribution in [0.1, 0.15) is 49.4 Å². The quantitative estimate of drug-likeness (QED) is 0.682. The third-order valence-corrected chi connectivity index (χ3v) is 7.42. The minimum absolute atomic E-state index is 0.109. The predicted molar refractivity (Wildman–Crippen MR) is 124 cm³/mol. The topological polar surface area (TPSA) is 84.9 Å². The standard InChI is InChI=1S/C24H32N2O5S/c1-16-7-10-19-20(15-24(2,3)31-22(19)13-16)25-23(27)12-8-17-14-18(9-11-21(17)30-6)32(28,29)26(4)5/h7,9-11,13-14,20H,8,12,15H2,1-6H3,(H,25,27)/t20-/m1/s1. The average molecular weight is 461 g/mol. The summed E-state index contributed by atoms with van der Waals surface area (Å²) in [4.78, 5) is 13.0. The predicted octanol–water partition coefficient (Wildman–Crippen LogP) is 3.61. The summed E-state index contributed by atoms with van der Waals surface area (Å²) in [5, 5.41) is 3.13. The van der Waals surface area contributed by atoms with Crippen molar-refractivity contribution in [1.82, 2.24) is 9.62 Å². The Bertz CT molecular complexity index is 1110. The van der Waals surface area contributed by atoms with Gasteiger partial charge in [-0.25, -0.2) is 12.7 Å². The molecule has 0 unspecified atom stereocenters. The van der Waals surface area contributed by atoms with Crippen molar-refractivity contribution in [3.8, 4) is 11.5 Å². The summed E-state index contributed by atoms with van der Waals surface area (Å²) >= 11 is 0. The Balaban J connectivity index is 1.75. The van der Waals surface area contributed by atoms with Crippen LogP contribution in [0.3, 0.4) is 0 Å². The number of ether oxygens (including phenoxy) is 2. The molecule has 1 aliphatic heterocycles. The van der Waals surface area contributed by atoms with Crippen LogP contribution in [0, 0.1) is 6.92 Å². The summed E-state index contributed by atoms with van der Waals surface area (Å²) in [6.45, 7) is 6.04. The summed E-state index contributed by atoms with van der Waals surface area (Å²) < 4.78 is 37.6. The van der Waals surface area contributed by atoms with E-state index in [9.17, 15) is 13.2 Å². The maximum atomic E-state index is 12.8. The molecule has 1 heterocycles. The summed E-state index contributed by atoms with van der Waals surface area (Å²) in [6.07, 6.45) is 1.23. The van der Waals surface area contributed by atoms with Gasteiger partial charge in [-0.05, 0) is 62.6 Å². The summed E-state index contributed by atoms with van der Waals surface area (Å²) in [6, 6.07) is 10.6. The zero-order chi connectivity index (χ0) is 23.7. The molecule has 0 saturated carbocycles. The van der Waals surface area contributed by atoms with E-state index in [0.29, 0.717) is 24.2 Å². The van der Waals surface area contributed by atoms with E-state index in [-0.39, 0.29) is 23.3 Å². The zero-order valence-corrected chi connectivity index (χ0v) is 20.4. The molecule has 1 amide bonds. The van der Waals surface area contributed by atoms with Crippen molar-refractivity contribution in [3.05, 3.63) is 53.1 Å². The summed E-state index contributed by atoms with van der Waals surface area (Å²) in [7, 11) is 0.933. The lowest BCUT2D eigenvalue weighted by Gasteiger charge is -2.38. The van der Waals surface area contributed by atoms with Gasteiger partial charge in [0.15, 0.2) is 0 Å². The van der Waals surface area contributed by atoms with Crippen molar-refractivity contribution in [1.29, 1.82) is 0 Å². The van der Waals surface area contributed by atoms with Crippen molar-refractivity contribution in [2.45, 2.75) is 56.6 Å². The highest BCUT2D eigenvalue weighted by Gasteiger charge is 2.34. The number of amides is 1. The van der Waals surface area contributed by atoms with E-state index in [1.54, 1.807) is 12.1 Å². The largest absolute Gasteiger partial charge is 0.496 e. The Hall–Kier alpha value is -2.58. The molecular weight excluding hydrogens is 428 g/mol. The molecule has 2 aromatic carbocycles. The van der Waals surface area contributed by atoms with Crippen LogP contribution < -0.4 is 14.8 Å². The SMILES string of the molecule is COc1ccc(S(=O)(=O)N(C)C)cc1CCC(=O)N[C@@H]1CC(C)(C)Oc2cc(C)ccc21. The molecule has 7 nitrogen and oxygen atoms in total. The number of carbonyl (C=O) groups excluding carboxylic acids is 1. The van der Waals surface area contributed by atoms with Gasteiger partial charge in [-0.1, -0.05) is 12.1 Å². The number of rotatable bonds is 7. The van der Waals surface area contributed by atoms with E-state index in [0.717, 1.165) is 21.2 Å². The van der Waals surface area contributed by atoms with Gasteiger partial charge in [-0.2, -0.15) is 0 Å². The molecule has 32 heavy (non-hydrogen) atoms. The number of aryl methyl sites for hydroxylation is 2. The first-order chi connectivity index (χ1) is 14.9. The number of fused-ring (bicyclic) bond motifs is 1. The van der Waals surface area contributed by atoms with E-state index in [1.165, 1.54) is 27.3 Å². The lowest BCUT2D eigenvalue weighted by Crippen LogP contribution is -2.41. The molecule has 1 atom stereocenters. The van der Waals surface area contributed by atoms with Crippen molar-refractivity contribution in [3.63, 3.8) is 0 Å². The van der Waals surface area contributed by atoms with E-state index in [2.05, 4.69) is 5.32 Å². The number of hydrogen-bond donors (Lipinski definition) is 1. The Labute approximate surface area is 190 Å². The monoisotopic (exact) mass is 460 g/mol. The van der Waals surface area contributed by atoms with Gasteiger partial charge in [0, 0.05) is 32.5 Å². The number of sulfonamides is 1. The van der Waals surface area contributed by atoms with Crippen LogP contribution in [0.2, 0.25) is 0 Å². The molecule has 0 spiro atoms. The Kier molecular flexibility index (Phi) is 6.86. The first-order valence-electron chi connectivity index (χ1n) is 10.6. The Morgan fingerprint density at radius 2 is 1.94 bits per heavy atom. The first kappa shape index (κ1) is 24.1. The summed E-state index contributed by atoms with van der Waals surface area (Å²) in [5.41, 5.74) is 2.36.